The molecule has 2 heteroatoms. The van der Waals surface area contributed by atoms with Crippen molar-refractivity contribution in [2.45, 2.75) is 26.9 Å². The van der Waals surface area contributed by atoms with Gasteiger partial charge in [-0.3, -0.25) is 0 Å². The van der Waals surface area contributed by atoms with Gasteiger partial charge in [-0.1, -0.05) is 6.07 Å². The van der Waals surface area contributed by atoms with Gasteiger partial charge in [0.25, 0.3) is 0 Å². The first-order valence-corrected chi connectivity index (χ1v) is 4.53. The van der Waals surface area contributed by atoms with E-state index in [2.05, 4.69) is 6.07 Å². The minimum Gasteiger partial charge on any atom is -0.490 e. The van der Waals surface area contributed by atoms with E-state index in [1.807, 2.05) is 32.9 Å². The third-order valence-corrected chi connectivity index (χ3v) is 1.45. The van der Waals surface area contributed by atoms with Crippen LogP contribution in [-0.2, 0) is 0 Å². The number of hydrogen-bond acceptors (Lipinski definition) is 2. The Kier molecular flexibility index (Phi) is 3.62. The summed E-state index contributed by atoms with van der Waals surface area (Å²) in [6.07, 6.45) is 0.168. The summed E-state index contributed by atoms with van der Waals surface area (Å²) in [6.45, 7) is 6.58. The van der Waals surface area contributed by atoms with Crippen molar-refractivity contribution in [1.82, 2.24) is 0 Å². The molecular weight excluding hydrogens is 164 g/mol. The predicted octanol–water partition coefficient (Wildman–Crippen LogP) is 2.67. The molecule has 0 spiro atoms. The Morgan fingerprint density at radius 3 is 2.77 bits per heavy atom. The molecule has 0 aromatic heterocycles. The van der Waals surface area contributed by atoms with Crippen molar-refractivity contribution in [1.29, 1.82) is 0 Å². The Hall–Kier alpha value is -1.18. The van der Waals surface area contributed by atoms with Crippen LogP contribution in [0.5, 0.6) is 11.5 Å². The summed E-state index contributed by atoms with van der Waals surface area (Å²) >= 11 is 0. The standard InChI is InChI=1S/C11H15O2/c1-4-12-10-7-5-6-8-11(10)13-9(2)3/h6-9H,4H2,1-3H3. The van der Waals surface area contributed by atoms with Crippen LogP contribution in [0.2, 0.25) is 0 Å². The van der Waals surface area contributed by atoms with Crippen LogP contribution < -0.4 is 9.47 Å². The van der Waals surface area contributed by atoms with Gasteiger partial charge in [-0.05, 0) is 39.0 Å². The van der Waals surface area contributed by atoms with Crippen LogP contribution in [0.1, 0.15) is 20.8 Å². The first kappa shape index (κ1) is 9.90. The fourth-order valence-corrected chi connectivity index (χ4v) is 1.02. The van der Waals surface area contributed by atoms with Gasteiger partial charge in [-0.25, -0.2) is 0 Å². The van der Waals surface area contributed by atoms with Crippen molar-refractivity contribution in [3.05, 3.63) is 24.3 Å². The van der Waals surface area contributed by atoms with E-state index in [9.17, 15) is 0 Å². The van der Waals surface area contributed by atoms with E-state index in [1.165, 1.54) is 0 Å². The third kappa shape index (κ3) is 2.98. The maximum atomic E-state index is 5.55. The Labute approximate surface area is 79.5 Å². The van der Waals surface area contributed by atoms with Crippen LogP contribution >= 0.6 is 0 Å². The molecule has 0 aliphatic rings. The predicted molar refractivity (Wildman–Crippen MR) is 52.2 cm³/mol. The highest BCUT2D eigenvalue weighted by Crippen LogP contribution is 2.26. The van der Waals surface area contributed by atoms with Crippen molar-refractivity contribution in [2.75, 3.05) is 6.61 Å². The lowest BCUT2D eigenvalue weighted by atomic mass is 10.3. The van der Waals surface area contributed by atoms with Crippen LogP contribution in [0, 0.1) is 6.07 Å². The molecule has 1 rings (SSSR count). The first-order valence-electron chi connectivity index (χ1n) is 4.53. The van der Waals surface area contributed by atoms with Crippen molar-refractivity contribution < 1.29 is 9.47 Å². The second kappa shape index (κ2) is 4.75. The van der Waals surface area contributed by atoms with Gasteiger partial charge in [-0.2, -0.15) is 0 Å². The van der Waals surface area contributed by atoms with E-state index < -0.39 is 0 Å². The van der Waals surface area contributed by atoms with Crippen LogP contribution in [0.4, 0.5) is 0 Å². The average Bonchev–Trinajstić information content (AvgIpc) is 2.08. The van der Waals surface area contributed by atoms with Gasteiger partial charge in [0.15, 0.2) is 11.5 Å². The van der Waals surface area contributed by atoms with E-state index in [1.54, 1.807) is 6.07 Å². The number of hydrogen-bond donors (Lipinski definition) is 0. The highest BCUT2D eigenvalue weighted by atomic mass is 16.5. The van der Waals surface area contributed by atoms with E-state index in [0.29, 0.717) is 6.61 Å². The van der Waals surface area contributed by atoms with Crippen LogP contribution in [-0.4, -0.2) is 12.7 Å². The maximum Gasteiger partial charge on any atom is 0.161 e. The van der Waals surface area contributed by atoms with Crippen molar-refractivity contribution in [3.63, 3.8) is 0 Å². The number of ether oxygens (including phenoxy) is 2. The fraction of sp³-hybridized carbons (Fsp3) is 0.455. The van der Waals surface area contributed by atoms with E-state index in [4.69, 9.17) is 9.47 Å². The van der Waals surface area contributed by atoms with E-state index in [-0.39, 0.29) is 6.10 Å². The van der Waals surface area contributed by atoms with Gasteiger partial charge in [0, 0.05) is 0 Å². The molecule has 0 amide bonds. The Morgan fingerprint density at radius 2 is 2.15 bits per heavy atom. The molecule has 13 heavy (non-hydrogen) atoms. The summed E-state index contributed by atoms with van der Waals surface area (Å²) in [5.74, 6) is 1.55. The highest BCUT2D eigenvalue weighted by molar-refractivity contribution is 5.39. The highest BCUT2D eigenvalue weighted by Gasteiger charge is 2.04. The Balaban J connectivity index is 2.78. The Bertz CT molecular complexity index is 256. The summed E-state index contributed by atoms with van der Waals surface area (Å²) in [5, 5.41) is 0. The molecule has 71 valence electrons. The molecule has 0 bridgehead atoms. The summed E-state index contributed by atoms with van der Waals surface area (Å²) < 4.78 is 10.9. The quantitative estimate of drug-likeness (QED) is 0.707. The molecule has 0 atom stereocenters. The van der Waals surface area contributed by atoms with Gasteiger partial charge in [0.05, 0.1) is 12.7 Å². The summed E-state index contributed by atoms with van der Waals surface area (Å²) in [4.78, 5) is 0. The molecule has 0 saturated carbocycles. The molecule has 0 saturated heterocycles. The van der Waals surface area contributed by atoms with Gasteiger partial charge >= 0.3 is 0 Å². The average molecular weight is 179 g/mol. The van der Waals surface area contributed by atoms with E-state index >= 15 is 0 Å². The maximum absolute atomic E-state index is 5.55. The minimum atomic E-state index is 0.168. The molecule has 1 aromatic carbocycles. The molecule has 2 nitrogen and oxygen atoms in total. The molecule has 0 unspecified atom stereocenters. The van der Waals surface area contributed by atoms with Gasteiger partial charge in [-0.15, -0.1) is 0 Å². The van der Waals surface area contributed by atoms with Crippen molar-refractivity contribution >= 4 is 0 Å². The molecule has 1 radical (unpaired) electrons. The molecular formula is C11H15O2. The second-order valence-corrected chi connectivity index (χ2v) is 2.97. The Morgan fingerprint density at radius 1 is 1.38 bits per heavy atom. The molecule has 0 aliphatic heterocycles. The minimum absolute atomic E-state index is 0.168. The largest absolute Gasteiger partial charge is 0.490 e. The smallest absolute Gasteiger partial charge is 0.161 e. The van der Waals surface area contributed by atoms with Gasteiger partial charge in [0.2, 0.25) is 0 Å². The molecule has 0 aliphatic carbocycles. The van der Waals surface area contributed by atoms with Crippen LogP contribution in [0.15, 0.2) is 18.2 Å². The molecule has 0 fully saturated rings. The zero-order valence-electron chi connectivity index (χ0n) is 8.33. The van der Waals surface area contributed by atoms with Gasteiger partial charge in [0.1, 0.15) is 0 Å². The summed E-state index contributed by atoms with van der Waals surface area (Å²) in [6, 6.07) is 8.43. The summed E-state index contributed by atoms with van der Waals surface area (Å²) in [7, 11) is 0. The van der Waals surface area contributed by atoms with E-state index in [0.717, 1.165) is 11.5 Å². The zero-order valence-corrected chi connectivity index (χ0v) is 8.33. The van der Waals surface area contributed by atoms with Gasteiger partial charge < -0.3 is 9.47 Å². The lowest BCUT2D eigenvalue weighted by Crippen LogP contribution is -2.07. The second-order valence-electron chi connectivity index (χ2n) is 2.97. The third-order valence-electron chi connectivity index (χ3n) is 1.45. The normalized spacial score (nSPS) is 10.2. The summed E-state index contributed by atoms with van der Waals surface area (Å²) in [5.41, 5.74) is 0. The number of benzene rings is 1. The molecule has 1 aromatic rings. The monoisotopic (exact) mass is 179 g/mol. The van der Waals surface area contributed by atoms with Crippen molar-refractivity contribution in [2.24, 2.45) is 0 Å². The van der Waals surface area contributed by atoms with Crippen molar-refractivity contribution in [3.8, 4) is 11.5 Å². The first-order chi connectivity index (χ1) is 6.24. The lowest BCUT2D eigenvalue weighted by molar-refractivity contribution is 0.224. The van der Waals surface area contributed by atoms with Crippen LogP contribution in [0.25, 0.3) is 0 Å². The molecule has 0 heterocycles. The molecule has 0 N–H and O–H groups in total. The zero-order chi connectivity index (χ0) is 9.68. The topological polar surface area (TPSA) is 18.5 Å². The SMILES string of the molecule is CCOc1c[c]ccc1OC(C)C. The fourth-order valence-electron chi connectivity index (χ4n) is 1.02. The lowest BCUT2D eigenvalue weighted by Gasteiger charge is -2.13. The number of rotatable bonds is 4. The van der Waals surface area contributed by atoms with Crippen LogP contribution in [0.3, 0.4) is 0 Å².